The van der Waals surface area contributed by atoms with Crippen molar-refractivity contribution >= 4 is 65.6 Å². The zero-order chi connectivity index (χ0) is 41.4. The molecule has 0 aliphatic carbocycles. The lowest BCUT2D eigenvalue weighted by Gasteiger charge is -2.14. The number of benzene rings is 9. The average Bonchev–Trinajstić information content (AvgIpc) is 4.03. The lowest BCUT2D eigenvalue weighted by Crippen LogP contribution is -2.07. The molecule has 0 fully saturated rings. The summed E-state index contributed by atoms with van der Waals surface area (Å²) in [5.74, 6) is 1.63. The average molecular weight is 806 g/mol. The minimum absolute atomic E-state index is 0.522. The molecular formula is C57H35N5O. The van der Waals surface area contributed by atoms with Crippen molar-refractivity contribution in [3.05, 3.63) is 212 Å². The van der Waals surface area contributed by atoms with E-state index in [1.54, 1.807) is 0 Å². The Balaban J connectivity index is 1.11. The fourth-order valence-corrected chi connectivity index (χ4v) is 9.53. The molecule has 294 valence electrons. The third-order valence-electron chi connectivity index (χ3n) is 12.4. The van der Waals surface area contributed by atoms with Crippen LogP contribution in [0.15, 0.2) is 217 Å². The van der Waals surface area contributed by atoms with Gasteiger partial charge < -0.3 is 8.98 Å². The maximum atomic E-state index is 6.57. The number of fused-ring (bicyclic) bond motifs is 10. The van der Waals surface area contributed by atoms with Crippen LogP contribution in [-0.2, 0) is 0 Å². The van der Waals surface area contributed by atoms with Crippen molar-refractivity contribution in [1.82, 2.24) is 24.1 Å². The van der Waals surface area contributed by atoms with Crippen LogP contribution in [0.2, 0.25) is 0 Å². The number of furan rings is 1. The highest BCUT2D eigenvalue weighted by molar-refractivity contribution is 6.23. The molecule has 0 radical (unpaired) electrons. The zero-order valence-corrected chi connectivity index (χ0v) is 33.9. The van der Waals surface area contributed by atoms with E-state index in [1.807, 2.05) is 42.5 Å². The Morgan fingerprint density at radius 1 is 0.333 bits per heavy atom. The lowest BCUT2D eigenvalue weighted by atomic mass is 9.99. The predicted molar refractivity (Wildman–Crippen MR) is 258 cm³/mol. The second-order valence-corrected chi connectivity index (χ2v) is 16.0. The van der Waals surface area contributed by atoms with Crippen LogP contribution < -0.4 is 0 Å². The van der Waals surface area contributed by atoms with E-state index in [4.69, 9.17) is 19.4 Å². The van der Waals surface area contributed by atoms with Gasteiger partial charge in [0, 0.05) is 43.6 Å². The number of para-hydroxylation sites is 4. The van der Waals surface area contributed by atoms with Crippen LogP contribution >= 0.6 is 0 Å². The van der Waals surface area contributed by atoms with Crippen LogP contribution in [-0.4, -0.2) is 24.1 Å². The van der Waals surface area contributed by atoms with Crippen LogP contribution in [0.1, 0.15) is 0 Å². The minimum Gasteiger partial charge on any atom is -0.455 e. The standard InChI is InChI=1S/C57H35N5O/c1-3-16-36(17-4-1)38-20-13-21-39(34-38)40-22-14-23-41(35-40)61-49-29-10-7-24-42(49)45-32-33-46-43-25-8-11-30-50(43)62(53(46)52(45)61)57-59-55(37-18-5-2-6-19-37)58-56(60-57)48-28-15-27-47-44-26-9-12-31-51(44)63-54(47)48/h1-35H. The Bertz CT molecular complexity index is 3920. The molecule has 6 nitrogen and oxygen atoms in total. The van der Waals surface area contributed by atoms with Crippen LogP contribution in [0.5, 0.6) is 0 Å². The highest BCUT2D eigenvalue weighted by atomic mass is 16.3. The summed E-state index contributed by atoms with van der Waals surface area (Å²) in [6, 6.07) is 74.6. The molecule has 4 heterocycles. The molecule has 0 atom stereocenters. The van der Waals surface area contributed by atoms with E-state index in [-0.39, 0.29) is 0 Å². The summed E-state index contributed by atoms with van der Waals surface area (Å²) in [6.07, 6.45) is 0. The maximum absolute atomic E-state index is 6.57. The molecule has 0 aliphatic rings. The van der Waals surface area contributed by atoms with Crippen molar-refractivity contribution in [2.24, 2.45) is 0 Å². The Labute approximate surface area is 361 Å². The Morgan fingerprint density at radius 2 is 0.857 bits per heavy atom. The highest BCUT2D eigenvalue weighted by Crippen LogP contribution is 2.43. The largest absolute Gasteiger partial charge is 0.455 e. The quantitative estimate of drug-likeness (QED) is 0.168. The predicted octanol–water partition coefficient (Wildman–Crippen LogP) is 14.6. The molecular weight excluding hydrogens is 771 g/mol. The third kappa shape index (κ3) is 5.55. The van der Waals surface area contributed by atoms with Gasteiger partial charge in [-0.25, -0.2) is 4.98 Å². The second kappa shape index (κ2) is 14.0. The van der Waals surface area contributed by atoms with Crippen LogP contribution in [0.4, 0.5) is 0 Å². The first kappa shape index (κ1) is 35.2. The van der Waals surface area contributed by atoms with Crippen molar-refractivity contribution in [3.63, 3.8) is 0 Å². The summed E-state index contributed by atoms with van der Waals surface area (Å²) in [6.45, 7) is 0. The van der Waals surface area contributed by atoms with Gasteiger partial charge in [-0.1, -0.05) is 170 Å². The first-order valence-corrected chi connectivity index (χ1v) is 21.2. The lowest BCUT2D eigenvalue weighted by molar-refractivity contribution is 0.669. The summed E-state index contributed by atoms with van der Waals surface area (Å²) >= 11 is 0. The van der Waals surface area contributed by atoms with Gasteiger partial charge >= 0.3 is 0 Å². The number of hydrogen-bond donors (Lipinski definition) is 0. The smallest absolute Gasteiger partial charge is 0.238 e. The fraction of sp³-hybridized carbons (Fsp3) is 0. The topological polar surface area (TPSA) is 61.7 Å². The van der Waals surface area contributed by atoms with Gasteiger partial charge in [-0.15, -0.1) is 0 Å². The van der Waals surface area contributed by atoms with Gasteiger partial charge in [0.1, 0.15) is 11.2 Å². The van der Waals surface area contributed by atoms with E-state index in [0.717, 1.165) is 88.1 Å². The number of aromatic nitrogens is 5. The van der Waals surface area contributed by atoms with Gasteiger partial charge in [-0.2, -0.15) is 9.97 Å². The highest BCUT2D eigenvalue weighted by Gasteiger charge is 2.24. The van der Waals surface area contributed by atoms with Gasteiger partial charge in [0.25, 0.3) is 0 Å². The van der Waals surface area contributed by atoms with Gasteiger partial charge in [0.2, 0.25) is 5.95 Å². The van der Waals surface area contributed by atoms with E-state index in [0.29, 0.717) is 17.6 Å². The van der Waals surface area contributed by atoms with Gasteiger partial charge in [-0.3, -0.25) is 4.57 Å². The fourth-order valence-electron chi connectivity index (χ4n) is 9.53. The van der Waals surface area contributed by atoms with E-state index in [1.165, 1.54) is 16.5 Å². The Morgan fingerprint density at radius 3 is 1.60 bits per heavy atom. The van der Waals surface area contributed by atoms with Crippen molar-refractivity contribution in [3.8, 4) is 56.7 Å². The molecule has 9 aromatic carbocycles. The molecule has 13 rings (SSSR count). The van der Waals surface area contributed by atoms with Crippen molar-refractivity contribution < 1.29 is 4.42 Å². The molecule has 0 spiro atoms. The number of hydrogen-bond acceptors (Lipinski definition) is 4. The molecule has 0 amide bonds. The van der Waals surface area contributed by atoms with Crippen LogP contribution in [0.25, 0.3) is 122 Å². The molecule has 6 heteroatoms. The minimum atomic E-state index is 0.522. The SMILES string of the molecule is c1ccc(-c2cccc(-c3cccc(-n4c5ccccc5c5ccc6c7ccccc7n(-c7nc(-c8ccccc8)nc(-c8cccc9c8oc8ccccc89)n7)c6c54)c3)c2)cc1. The van der Waals surface area contributed by atoms with Crippen LogP contribution in [0.3, 0.4) is 0 Å². The normalized spacial score (nSPS) is 11.8. The third-order valence-corrected chi connectivity index (χ3v) is 12.4. The number of rotatable bonds is 6. The van der Waals surface area contributed by atoms with Gasteiger partial charge in [0.15, 0.2) is 11.6 Å². The van der Waals surface area contributed by atoms with Crippen molar-refractivity contribution in [2.45, 2.75) is 0 Å². The van der Waals surface area contributed by atoms with E-state index in [2.05, 4.69) is 179 Å². The molecule has 0 saturated heterocycles. The summed E-state index contributed by atoms with van der Waals surface area (Å²) in [4.78, 5) is 15.9. The Hall–Kier alpha value is -8.61. The summed E-state index contributed by atoms with van der Waals surface area (Å²) in [5, 5.41) is 6.60. The number of nitrogens with zero attached hydrogens (tertiary/aromatic N) is 5. The van der Waals surface area contributed by atoms with E-state index in [9.17, 15) is 0 Å². The molecule has 0 N–H and O–H groups in total. The van der Waals surface area contributed by atoms with Gasteiger partial charge in [-0.05, 0) is 64.7 Å². The summed E-state index contributed by atoms with van der Waals surface area (Å²) in [7, 11) is 0. The maximum Gasteiger partial charge on any atom is 0.238 e. The molecule has 63 heavy (non-hydrogen) atoms. The molecule has 4 aromatic heterocycles. The molecule has 0 bridgehead atoms. The molecule has 0 aliphatic heterocycles. The van der Waals surface area contributed by atoms with Crippen molar-refractivity contribution in [2.75, 3.05) is 0 Å². The van der Waals surface area contributed by atoms with Gasteiger partial charge in [0.05, 0.1) is 27.6 Å². The first-order valence-electron chi connectivity index (χ1n) is 21.2. The summed E-state index contributed by atoms with van der Waals surface area (Å²) < 4.78 is 11.2. The van der Waals surface area contributed by atoms with E-state index >= 15 is 0 Å². The van der Waals surface area contributed by atoms with Crippen LogP contribution in [0, 0.1) is 0 Å². The molecule has 0 unspecified atom stereocenters. The molecule has 13 aromatic rings. The molecule has 0 saturated carbocycles. The first-order chi connectivity index (χ1) is 31.2. The van der Waals surface area contributed by atoms with Crippen molar-refractivity contribution in [1.29, 1.82) is 0 Å². The summed E-state index contributed by atoms with van der Waals surface area (Å²) in [5.41, 5.74) is 13.2. The second-order valence-electron chi connectivity index (χ2n) is 16.0. The van der Waals surface area contributed by atoms with E-state index < -0.39 is 0 Å². The monoisotopic (exact) mass is 805 g/mol. The Kier molecular flexibility index (Phi) is 7.80. The zero-order valence-electron chi connectivity index (χ0n) is 33.9.